The Balaban J connectivity index is 2.09. The molecule has 0 bridgehead atoms. The summed E-state index contributed by atoms with van der Waals surface area (Å²) in [4.78, 5) is 37.7. The van der Waals surface area contributed by atoms with E-state index in [0.29, 0.717) is 38.3 Å². The molecule has 1 atom stereocenters. The van der Waals surface area contributed by atoms with Gasteiger partial charge in [0.15, 0.2) is 0 Å². The van der Waals surface area contributed by atoms with E-state index < -0.39 is 11.6 Å². The Morgan fingerprint density at radius 1 is 1.35 bits per heavy atom. The first-order valence-electron chi connectivity index (χ1n) is 8.24. The van der Waals surface area contributed by atoms with Gasteiger partial charge < -0.3 is 10.2 Å². The van der Waals surface area contributed by atoms with E-state index in [9.17, 15) is 14.4 Å². The van der Waals surface area contributed by atoms with Crippen molar-refractivity contribution in [1.82, 2.24) is 15.5 Å². The SMILES string of the molecule is CC#CC(=O)N1CCC([C@@]2(CCC(C)C)NC(=O)NC2=O)CC1. The molecule has 2 rings (SSSR count). The van der Waals surface area contributed by atoms with Gasteiger partial charge in [0.1, 0.15) is 5.54 Å². The summed E-state index contributed by atoms with van der Waals surface area (Å²) in [6, 6.07) is -0.408. The van der Waals surface area contributed by atoms with E-state index in [1.165, 1.54) is 0 Å². The highest BCUT2D eigenvalue weighted by molar-refractivity contribution is 6.07. The first-order chi connectivity index (χ1) is 10.9. The smallest absolute Gasteiger partial charge is 0.322 e. The van der Waals surface area contributed by atoms with Gasteiger partial charge in [-0.25, -0.2) is 4.79 Å². The summed E-state index contributed by atoms with van der Waals surface area (Å²) in [7, 11) is 0. The summed E-state index contributed by atoms with van der Waals surface area (Å²) in [5, 5.41) is 5.27. The summed E-state index contributed by atoms with van der Waals surface area (Å²) in [5.41, 5.74) is -0.826. The molecular weight excluding hydrogens is 294 g/mol. The number of nitrogens with one attached hydrogen (secondary N) is 2. The van der Waals surface area contributed by atoms with Gasteiger partial charge in [0.2, 0.25) is 0 Å². The van der Waals surface area contributed by atoms with E-state index in [1.807, 2.05) is 0 Å². The van der Waals surface area contributed by atoms with E-state index in [4.69, 9.17) is 0 Å². The van der Waals surface area contributed by atoms with E-state index in [0.717, 1.165) is 6.42 Å². The largest absolute Gasteiger partial charge is 0.332 e. The van der Waals surface area contributed by atoms with Crippen LogP contribution in [0.25, 0.3) is 0 Å². The van der Waals surface area contributed by atoms with Crippen LogP contribution in [0.1, 0.15) is 46.5 Å². The molecule has 0 unspecified atom stereocenters. The molecule has 4 amide bonds. The van der Waals surface area contributed by atoms with Crippen LogP contribution < -0.4 is 10.6 Å². The standard InChI is InChI=1S/C17H25N3O3/c1-4-5-14(21)20-10-7-13(8-11-20)17(9-6-12(2)3)15(22)18-16(23)19-17/h12-13H,6-11H2,1-3H3,(H2,18,19,22,23)/t17-/m1/s1. The lowest BCUT2D eigenvalue weighted by Crippen LogP contribution is -2.56. The van der Waals surface area contributed by atoms with Gasteiger partial charge in [-0.15, -0.1) is 0 Å². The molecule has 6 heteroatoms. The third-order valence-corrected chi connectivity index (χ3v) is 4.80. The lowest BCUT2D eigenvalue weighted by atomic mass is 9.74. The van der Waals surface area contributed by atoms with Crippen LogP contribution in [0.4, 0.5) is 4.79 Å². The number of nitrogens with zero attached hydrogens (tertiary/aromatic N) is 1. The summed E-state index contributed by atoms with van der Waals surface area (Å²) < 4.78 is 0. The number of carbonyl (C=O) groups excluding carboxylic acids is 3. The van der Waals surface area contributed by atoms with E-state index in [1.54, 1.807) is 11.8 Å². The summed E-state index contributed by atoms with van der Waals surface area (Å²) in [6.45, 7) is 7.00. The van der Waals surface area contributed by atoms with Crippen molar-refractivity contribution in [3.05, 3.63) is 0 Å². The second-order valence-electron chi connectivity index (χ2n) is 6.75. The molecule has 2 aliphatic heterocycles. The molecule has 2 aliphatic rings. The molecule has 0 saturated carbocycles. The average Bonchev–Trinajstić information content (AvgIpc) is 2.80. The lowest BCUT2D eigenvalue weighted by Gasteiger charge is -2.40. The van der Waals surface area contributed by atoms with Crippen molar-refractivity contribution >= 4 is 17.8 Å². The molecule has 126 valence electrons. The van der Waals surface area contributed by atoms with Gasteiger partial charge in [-0.3, -0.25) is 14.9 Å². The minimum Gasteiger partial charge on any atom is -0.332 e. The Hall–Kier alpha value is -2.03. The Morgan fingerprint density at radius 2 is 2.00 bits per heavy atom. The van der Waals surface area contributed by atoms with Crippen molar-refractivity contribution in [2.24, 2.45) is 11.8 Å². The molecule has 2 saturated heterocycles. The first kappa shape index (κ1) is 17.3. The number of likely N-dealkylation sites (tertiary alicyclic amines) is 1. The fourth-order valence-corrected chi connectivity index (χ4v) is 3.45. The van der Waals surface area contributed by atoms with Gasteiger partial charge in [0, 0.05) is 13.1 Å². The van der Waals surface area contributed by atoms with E-state index >= 15 is 0 Å². The van der Waals surface area contributed by atoms with Crippen LogP contribution in [-0.4, -0.2) is 41.4 Å². The topological polar surface area (TPSA) is 78.5 Å². The van der Waals surface area contributed by atoms with Crippen LogP contribution in [0.15, 0.2) is 0 Å². The summed E-state index contributed by atoms with van der Waals surface area (Å²) in [5.74, 6) is 5.29. The van der Waals surface area contributed by atoms with Crippen molar-refractivity contribution in [2.75, 3.05) is 13.1 Å². The maximum absolute atomic E-state index is 12.4. The predicted molar refractivity (Wildman–Crippen MR) is 86.2 cm³/mol. The number of rotatable bonds is 4. The number of hydrogen-bond donors (Lipinski definition) is 2. The predicted octanol–water partition coefficient (Wildman–Crippen LogP) is 1.26. The van der Waals surface area contributed by atoms with Gasteiger partial charge in [-0.1, -0.05) is 19.8 Å². The first-order valence-corrected chi connectivity index (χ1v) is 8.24. The van der Waals surface area contributed by atoms with Crippen LogP contribution in [0.3, 0.4) is 0 Å². The van der Waals surface area contributed by atoms with Crippen LogP contribution in [0, 0.1) is 23.7 Å². The molecule has 0 spiro atoms. The maximum Gasteiger partial charge on any atom is 0.322 e. The number of piperidine rings is 1. The molecule has 6 nitrogen and oxygen atoms in total. The van der Waals surface area contributed by atoms with Crippen LogP contribution in [0.2, 0.25) is 0 Å². The Kier molecular flexibility index (Phi) is 5.30. The van der Waals surface area contributed by atoms with Crippen molar-refractivity contribution < 1.29 is 14.4 Å². The fourth-order valence-electron chi connectivity index (χ4n) is 3.45. The van der Waals surface area contributed by atoms with Gasteiger partial charge in [-0.05, 0) is 50.4 Å². The summed E-state index contributed by atoms with van der Waals surface area (Å²) >= 11 is 0. The molecule has 0 aromatic rings. The number of amides is 4. The Labute approximate surface area is 137 Å². The van der Waals surface area contributed by atoms with Crippen molar-refractivity contribution in [3.8, 4) is 11.8 Å². The van der Waals surface area contributed by atoms with Crippen molar-refractivity contribution in [1.29, 1.82) is 0 Å². The third kappa shape index (κ3) is 3.66. The fraction of sp³-hybridized carbons (Fsp3) is 0.706. The average molecular weight is 319 g/mol. The molecule has 23 heavy (non-hydrogen) atoms. The van der Waals surface area contributed by atoms with Gasteiger partial charge in [-0.2, -0.15) is 0 Å². The maximum atomic E-state index is 12.4. The highest BCUT2D eigenvalue weighted by Gasteiger charge is 2.51. The number of hydrogen-bond acceptors (Lipinski definition) is 3. The van der Waals surface area contributed by atoms with Crippen molar-refractivity contribution in [3.63, 3.8) is 0 Å². The molecule has 0 aromatic heterocycles. The van der Waals surface area contributed by atoms with Crippen LogP contribution in [-0.2, 0) is 9.59 Å². The number of carbonyl (C=O) groups is 3. The zero-order chi connectivity index (χ0) is 17.0. The highest BCUT2D eigenvalue weighted by Crippen LogP contribution is 2.35. The zero-order valence-electron chi connectivity index (χ0n) is 14.1. The van der Waals surface area contributed by atoms with Crippen molar-refractivity contribution in [2.45, 2.75) is 52.0 Å². The van der Waals surface area contributed by atoms with Gasteiger partial charge in [0.05, 0.1) is 0 Å². The molecule has 0 radical (unpaired) electrons. The molecule has 0 aromatic carbocycles. The van der Waals surface area contributed by atoms with E-state index in [-0.39, 0.29) is 17.7 Å². The van der Waals surface area contributed by atoms with Gasteiger partial charge in [0.25, 0.3) is 11.8 Å². The van der Waals surface area contributed by atoms with Crippen LogP contribution in [0.5, 0.6) is 0 Å². The normalized spacial score (nSPS) is 25.0. The third-order valence-electron chi connectivity index (χ3n) is 4.80. The van der Waals surface area contributed by atoms with E-state index in [2.05, 4.69) is 36.3 Å². The Morgan fingerprint density at radius 3 is 2.48 bits per heavy atom. The number of imide groups is 1. The molecule has 0 aliphatic carbocycles. The molecule has 2 heterocycles. The quantitative estimate of drug-likeness (QED) is 0.605. The molecule has 2 N–H and O–H groups in total. The van der Waals surface area contributed by atoms with Crippen LogP contribution >= 0.6 is 0 Å². The Bertz CT molecular complexity index is 553. The number of urea groups is 1. The second-order valence-corrected chi connectivity index (χ2v) is 6.75. The minimum absolute atomic E-state index is 0.0475. The second kappa shape index (κ2) is 7.03. The highest BCUT2D eigenvalue weighted by atomic mass is 16.2. The zero-order valence-corrected chi connectivity index (χ0v) is 14.1. The molecular formula is C17H25N3O3. The van der Waals surface area contributed by atoms with Gasteiger partial charge >= 0.3 is 6.03 Å². The molecule has 2 fully saturated rings. The summed E-state index contributed by atoms with van der Waals surface area (Å²) in [6.07, 6.45) is 2.90. The monoisotopic (exact) mass is 319 g/mol. The minimum atomic E-state index is -0.826. The lowest BCUT2D eigenvalue weighted by molar-refractivity contribution is -0.129.